The van der Waals surface area contributed by atoms with Gasteiger partial charge in [-0.2, -0.15) is 0 Å². The lowest BCUT2D eigenvalue weighted by Crippen LogP contribution is -2.07. The van der Waals surface area contributed by atoms with E-state index in [9.17, 15) is 18.0 Å². The molecule has 0 aliphatic heterocycles. The van der Waals surface area contributed by atoms with Crippen molar-refractivity contribution in [3.8, 4) is 0 Å². The number of carbonyl (C=O) groups excluding carboxylic acids is 1. The summed E-state index contributed by atoms with van der Waals surface area (Å²) in [4.78, 5) is 12.5. The van der Waals surface area contributed by atoms with E-state index in [0.29, 0.717) is 10.1 Å². The Hall–Kier alpha value is -2.14. The van der Waals surface area contributed by atoms with Gasteiger partial charge in [0.25, 0.3) is 0 Å². The number of hydrogen-bond donors (Lipinski definition) is 0. The van der Waals surface area contributed by atoms with Crippen molar-refractivity contribution < 1.29 is 18.0 Å². The van der Waals surface area contributed by atoms with Crippen LogP contribution in [0.1, 0.15) is 20.8 Å². The first-order valence-corrected chi connectivity index (χ1v) is 6.97. The molecular formula is C16H9F3OS. The molecule has 0 spiro atoms. The van der Waals surface area contributed by atoms with Crippen LogP contribution in [-0.2, 0) is 0 Å². The number of halogens is 3. The summed E-state index contributed by atoms with van der Waals surface area (Å²) in [5.74, 6) is -2.90. The van der Waals surface area contributed by atoms with Crippen LogP contribution in [0.15, 0.2) is 36.4 Å². The largest absolute Gasteiger partial charge is 0.287 e. The number of hydrogen-bond acceptors (Lipinski definition) is 2. The highest BCUT2D eigenvalue weighted by atomic mass is 32.1. The van der Waals surface area contributed by atoms with Gasteiger partial charge < -0.3 is 0 Å². The summed E-state index contributed by atoms with van der Waals surface area (Å²) >= 11 is 1.08. The molecule has 2 aromatic carbocycles. The molecule has 0 aliphatic rings. The number of aryl methyl sites for hydroxylation is 1. The number of ketones is 1. The molecule has 0 atom stereocenters. The number of benzene rings is 2. The van der Waals surface area contributed by atoms with Crippen LogP contribution in [0.25, 0.3) is 10.1 Å². The summed E-state index contributed by atoms with van der Waals surface area (Å²) in [5.41, 5.74) is -0.367. The lowest BCUT2D eigenvalue weighted by atomic mass is 10.0. The van der Waals surface area contributed by atoms with Crippen molar-refractivity contribution in [2.75, 3.05) is 0 Å². The Kier molecular flexibility index (Phi) is 3.29. The average molecular weight is 306 g/mol. The van der Waals surface area contributed by atoms with Gasteiger partial charge in [-0.25, -0.2) is 13.2 Å². The summed E-state index contributed by atoms with van der Waals surface area (Å²) in [6.45, 7) is 1.46. The van der Waals surface area contributed by atoms with Crippen LogP contribution in [0.4, 0.5) is 13.2 Å². The Balaban J connectivity index is 2.15. The lowest BCUT2D eigenvalue weighted by Gasteiger charge is -2.04. The Bertz CT molecular complexity index is 867. The Morgan fingerprint density at radius 3 is 2.57 bits per heavy atom. The van der Waals surface area contributed by atoms with Crippen LogP contribution in [0.5, 0.6) is 0 Å². The van der Waals surface area contributed by atoms with Crippen molar-refractivity contribution in [3.63, 3.8) is 0 Å². The topological polar surface area (TPSA) is 17.1 Å². The van der Waals surface area contributed by atoms with Crippen LogP contribution < -0.4 is 0 Å². The fraction of sp³-hybridized carbons (Fsp3) is 0.0625. The SMILES string of the molecule is Cc1ccc(F)c(C(=O)c2cc3cc(F)ccc3s2)c1F. The molecule has 0 saturated heterocycles. The standard InChI is InChI=1S/C16H9F3OS/c1-8-2-4-11(18)14(15(8)19)16(20)13-7-9-6-10(17)3-5-12(9)21-13/h2-7H,1H3. The molecule has 0 N–H and O–H groups in total. The highest BCUT2D eigenvalue weighted by Gasteiger charge is 2.22. The van der Waals surface area contributed by atoms with Crippen molar-refractivity contribution in [2.24, 2.45) is 0 Å². The fourth-order valence-electron chi connectivity index (χ4n) is 2.11. The molecule has 1 nitrogen and oxygen atoms in total. The average Bonchev–Trinajstić information content (AvgIpc) is 2.86. The van der Waals surface area contributed by atoms with E-state index in [1.54, 1.807) is 0 Å². The van der Waals surface area contributed by atoms with Gasteiger partial charge in [-0.05, 0) is 48.2 Å². The van der Waals surface area contributed by atoms with Crippen LogP contribution in [-0.4, -0.2) is 5.78 Å². The van der Waals surface area contributed by atoms with E-state index in [2.05, 4.69) is 0 Å². The van der Waals surface area contributed by atoms with Crippen LogP contribution in [0, 0.1) is 24.4 Å². The van der Waals surface area contributed by atoms with Crippen molar-refractivity contribution >= 4 is 27.2 Å². The van der Waals surface area contributed by atoms with Crippen molar-refractivity contribution in [2.45, 2.75) is 6.92 Å². The maximum absolute atomic E-state index is 14.0. The predicted molar refractivity (Wildman–Crippen MR) is 76.3 cm³/mol. The Labute approximate surface area is 122 Å². The second-order valence-corrected chi connectivity index (χ2v) is 5.76. The summed E-state index contributed by atoms with van der Waals surface area (Å²) in [6, 6.07) is 7.90. The summed E-state index contributed by atoms with van der Waals surface area (Å²) in [7, 11) is 0. The van der Waals surface area contributed by atoms with E-state index in [1.807, 2.05) is 0 Å². The van der Waals surface area contributed by atoms with Gasteiger partial charge in [-0.1, -0.05) is 6.07 Å². The molecule has 0 bridgehead atoms. The highest BCUT2D eigenvalue weighted by molar-refractivity contribution is 7.21. The molecule has 3 aromatic rings. The molecule has 0 fully saturated rings. The monoisotopic (exact) mass is 306 g/mol. The van der Waals surface area contributed by atoms with Crippen LogP contribution in [0.2, 0.25) is 0 Å². The smallest absolute Gasteiger partial charge is 0.208 e. The molecule has 5 heteroatoms. The molecule has 0 unspecified atom stereocenters. The van der Waals surface area contributed by atoms with Crippen LogP contribution >= 0.6 is 11.3 Å². The quantitative estimate of drug-likeness (QED) is 0.618. The number of rotatable bonds is 2. The Morgan fingerprint density at radius 2 is 1.81 bits per heavy atom. The molecule has 21 heavy (non-hydrogen) atoms. The second kappa shape index (κ2) is 5.00. The molecule has 0 aliphatic carbocycles. The van der Waals surface area contributed by atoms with Crippen molar-refractivity contribution in [3.05, 3.63) is 69.9 Å². The lowest BCUT2D eigenvalue weighted by molar-refractivity contribution is 0.103. The molecule has 106 valence electrons. The third-order valence-corrected chi connectivity index (χ3v) is 4.33. The minimum atomic E-state index is -0.897. The van der Waals surface area contributed by atoms with Gasteiger partial charge in [-0.15, -0.1) is 11.3 Å². The maximum atomic E-state index is 14.0. The first-order chi connectivity index (χ1) is 9.97. The van der Waals surface area contributed by atoms with E-state index in [1.165, 1.54) is 37.3 Å². The second-order valence-electron chi connectivity index (χ2n) is 4.68. The normalized spacial score (nSPS) is 11.0. The van der Waals surface area contributed by atoms with E-state index in [4.69, 9.17) is 0 Å². The van der Waals surface area contributed by atoms with Gasteiger partial charge in [0.05, 0.1) is 10.4 Å². The molecule has 1 aromatic heterocycles. The maximum Gasteiger partial charge on any atom is 0.208 e. The van der Waals surface area contributed by atoms with Gasteiger partial charge in [0, 0.05) is 4.70 Å². The van der Waals surface area contributed by atoms with Gasteiger partial charge in [-0.3, -0.25) is 4.79 Å². The van der Waals surface area contributed by atoms with E-state index in [0.717, 1.165) is 17.4 Å². The zero-order valence-electron chi connectivity index (χ0n) is 10.9. The first kappa shape index (κ1) is 13.8. The van der Waals surface area contributed by atoms with Crippen molar-refractivity contribution in [1.29, 1.82) is 0 Å². The van der Waals surface area contributed by atoms with Crippen LogP contribution in [0.3, 0.4) is 0 Å². The zero-order chi connectivity index (χ0) is 15.1. The highest BCUT2D eigenvalue weighted by Crippen LogP contribution is 2.29. The third kappa shape index (κ3) is 2.34. The summed E-state index contributed by atoms with van der Waals surface area (Å²) in [6.07, 6.45) is 0. The molecule has 0 radical (unpaired) electrons. The van der Waals surface area contributed by atoms with Gasteiger partial charge >= 0.3 is 0 Å². The number of fused-ring (bicyclic) bond motifs is 1. The molecule has 0 amide bonds. The summed E-state index contributed by atoms with van der Waals surface area (Å²) < 4.78 is 41.6. The third-order valence-electron chi connectivity index (χ3n) is 3.21. The predicted octanol–water partition coefficient (Wildman–Crippen LogP) is 4.86. The minimum Gasteiger partial charge on any atom is -0.287 e. The number of thiophene rings is 1. The summed E-state index contributed by atoms with van der Waals surface area (Å²) in [5, 5.41) is 0.539. The molecular weight excluding hydrogens is 297 g/mol. The molecule has 1 heterocycles. The molecule has 3 rings (SSSR count). The van der Waals surface area contributed by atoms with E-state index >= 15 is 0 Å². The first-order valence-electron chi connectivity index (χ1n) is 6.16. The van der Waals surface area contributed by atoms with E-state index < -0.39 is 28.8 Å². The van der Waals surface area contributed by atoms with Gasteiger partial charge in [0.1, 0.15) is 17.5 Å². The Morgan fingerprint density at radius 1 is 1.05 bits per heavy atom. The zero-order valence-corrected chi connectivity index (χ0v) is 11.7. The van der Waals surface area contributed by atoms with Gasteiger partial charge in [0.15, 0.2) is 0 Å². The molecule has 0 saturated carbocycles. The van der Waals surface area contributed by atoms with Crippen molar-refractivity contribution in [1.82, 2.24) is 0 Å². The van der Waals surface area contributed by atoms with E-state index in [-0.39, 0.29) is 10.4 Å². The minimum absolute atomic E-state index is 0.180. The van der Waals surface area contributed by atoms with Gasteiger partial charge in [0.2, 0.25) is 5.78 Å². The fourth-order valence-corrected chi connectivity index (χ4v) is 3.10. The number of carbonyl (C=O) groups is 1.